The molecular weight excluding hydrogens is 326 g/mol. The van der Waals surface area contributed by atoms with E-state index >= 15 is 0 Å². The van der Waals surface area contributed by atoms with Crippen LogP contribution in [0.5, 0.6) is 11.5 Å². The predicted octanol–water partition coefficient (Wildman–Crippen LogP) is 2.79. The summed E-state index contributed by atoms with van der Waals surface area (Å²) in [7, 11) is 0. The first-order chi connectivity index (χ1) is 12.0. The summed E-state index contributed by atoms with van der Waals surface area (Å²) in [4.78, 5) is 22.6. The first kappa shape index (κ1) is 16.4. The fraction of sp³-hybridized carbons (Fsp3) is 0.176. The van der Waals surface area contributed by atoms with E-state index in [0.717, 1.165) is 5.56 Å². The van der Waals surface area contributed by atoms with Crippen LogP contribution in [0.25, 0.3) is 0 Å². The third-order valence-electron chi connectivity index (χ3n) is 3.78. The van der Waals surface area contributed by atoms with Gasteiger partial charge in [-0.2, -0.15) is 5.10 Å². The highest BCUT2D eigenvalue weighted by Crippen LogP contribution is 2.32. The molecular formula is C17H15N3O5. The maximum atomic E-state index is 12.2. The van der Waals surface area contributed by atoms with Crippen LogP contribution in [-0.2, 0) is 0 Å². The zero-order valence-corrected chi connectivity index (χ0v) is 13.6. The van der Waals surface area contributed by atoms with Crippen molar-refractivity contribution < 1.29 is 19.2 Å². The molecule has 0 unspecified atom stereocenters. The van der Waals surface area contributed by atoms with Crippen molar-refractivity contribution in [3.63, 3.8) is 0 Å². The number of nitrogens with zero attached hydrogens (tertiary/aromatic N) is 2. The highest BCUT2D eigenvalue weighted by atomic mass is 16.7. The fourth-order valence-corrected chi connectivity index (χ4v) is 2.33. The molecule has 0 saturated heterocycles. The minimum absolute atomic E-state index is 0.107. The van der Waals surface area contributed by atoms with Gasteiger partial charge in [-0.1, -0.05) is 6.07 Å². The lowest BCUT2D eigenvalue weighted by Crippen LogP contribution is -2.19. The van der Waals surface area contributed by atoms with Crippen LogP contribution < -0.4 is 14.9 Å². The van der Waals surface area contributed by atoms with E-state index in [0.29, 0.717) is 22.8 Å². The Morgan fingerprint density at radius 3 is 2.64 bits per heavy atom. The molecule has 0 atom stereocenters. The first-order valence-corrected chi connectivity index (χ1v) is 7.45. The molecule has 3 rings (SSSR count). The molecule has 0 saturated carbocycles. The Kier molecular flexibility index (Phi) is 4.34. The van der Waals surface area contributed by atoms with Gasteiger partial charge in [0, 0.05) is 22.8 Å². The molecule has 2 aromatic carbocycles. The van der Waals surface area contributed by atoms with Gasteiger partial charge in [-0.25, -0.2) is 5.43 Å². The van der Waals surface area contributed by atoms with Crippen molar-refractivity contribution in [1.29, 1.82) is 0 Å². The van der Waals surface area contributed by atoms with Gasteiger partial charge in [0.1, 0.15) is 0 Å². The van der Waals surface area contributed by atoms with Crippen molar-refractivity contribution in [3.05, 3.63) is 63.2 Å². The summed E-state index contributed by atoms with van der Waals surface area (Å²) in [6.07, 6.45) is 0. The number of hydrogen-bond acceptors (Lipinski definition) is 6. The van der Waals surface area contributed by atoms with Crippen LogP contribution in [0, 0.1) is 17.0 Å². The van der Waals surface area contributed by atoms with Crippen molar-refractivity contribution in [1.82, 2.24) is 5.43 Å². The normalized spacial score (nSPS) is 12.8. The maximum Gasteiger partial charge on any atom is 0.273 e. The molecule has 0 aromatic heterocycles. The van der Waals surface area contributed by atoms with Crippen LogP contribution >= 0.6 is 0 Å². The molecule has 1 aliphatic heterocycles. The molecule has 0 bridgehead atoms. The Labute approximate surface area is 143 Å². The van der Waals surface area contributed by atoms with Gasteiger partial charge in [0.2, 0.25) is 6.79 Å². The molecule has 8 heteroatoms. The highest BCUT2D eigenvalue weighted by Gasteiger charge is 2.16. The smallest absolute Gasteiger partial charge is 0.273 e. The van der Waals surface area contributed by atoms with Crippen molar-refractivity contribution in [3.8, 4) is 11.5 Å². The van der Waals surface area contributed by atoms with Gasteiger partial charge in [0.25, 0.3) is 11.6 Å². The van der Waals surface area contributed by atoms with Gasteiger partial charge < -0.3 is 9.47 Å². The third kappa shape index (κ3) is 3.42. The number of nitrogens with one attached hydrogen (secondary N) is 1. The van der Waals surface area contributed by atoms with Crippen molar-refractivity contribution in [2.75, 3.05) is 6.79 Å². The lowest BCUT2D eigenvalue weighted by atomic mass is 10.1. The van der Waals surface area contributed by atoms with E-state index in [2.05, 4.69) is 10.5 Å². The number of carbonyl (C=O) groups excluding carboxylic acids is 1. The zero-order chi connectivity index (χ0) is 18.0. The molecule has 1 heterocycles. The Bertz CT molecular complexity index is 892. The summed E-state index contributed by atoms with van der Waals surface area (Å²) in [6.45, 7) is 3.52. The Morgan fingerprint density at radius 1 is 1.16 bits per heavy atom. The zero-order valence-electron chi connectivity index (χ0n) is 13.6. The van der Waals surface area contributed by atoms with Gasteiger partial charge in [0.15, 0.2) is 11.5 Å². The minimum atomic E-state index is -0.525. The number of nitro benzene ring substituents is 1. The first-order valence-electron chi connectivity index (χ1n) is 7.45. The molecule has 1 aliphatic rings. The number of carbonyl (C=O) groups is 1. The molecule has 1 N–H and O–H groups in total. The fourth-order valence-electron chi connectivity index (χ4n) is 2.33. The summed E-state index contributed by atoms with van der Waals surface area (Å²) in [5, 5.41) is 15.0. The van der Waals surface area contributed by atoms with E-state index in [1.807, 2.05) is 0 Å². The highest BCUT2D eigenvalue weighted by molar-refractivity contribution is 6.01. The number of amides is 1. The minimum Gasteiger partial charge on any atom is -0.454 e. The molecule has 25 heavy (non-hydrogen) atoms. The van der Waals surface area contributed by atoms with Crippen LogP contribution in [0.3, 0.4) is 0 Å². The maximum absolute atomic E-state index is 12.2. The summed E-state index contributed by atoms with van der Waals surface area (Å²) < 4.78 is 10.5. The second-order valence-corrected chi connectivity index (χ2v) is 5.46. The number of rotatable bonds is 4. The van der Waals surface area contributed by atoms with E-state index < -0.39 is 10.8 Å². The second-order valence-electron chi connectivity index (χ2n) is 5.46. The van der Waals surface area contributed by atoms with Gasteiger partial charge in [-0.15, -0.1) is 0 Å². The second kappa shape index (κ2) is 6.60. The van der Waals surface area contributed by atoms with E-state index in [1.54, 1.807) is 32.0 Å². The summed E-state index contributed by atoms with van der Waals surface area (Å²) in [6, 6.07) is 9.61. The van der Waals surface area contributed by atoms with Crippen LogP contribution in [0.1, 0.15) is 28.4 Å². The summed E-state index contributed by atoms with van der Waals surface area (Å²) >= 11 is 0. The quantitative estimate of drug-likeness (QED) is 0.523. The number of hydrogen-bond donors (Lipinski definition) is 1. The Hall–Kier alpha value is -3.42. The van der Waals surface area contributed by atoms with Crippen LogP contribution in [-0.4, -0.2) is 23.3 Å². The Balaban J connectivity index is 1.76. The van der Waals surface area contributed by atoms with E-state index in [-0.39, 0.29) is 18.0 Å². The molecule has 1 amide bonds. The van der Waals surface area contributed by atoms with E-state index in [9.17, 15) is 14.9 Å². The standard InChI is InChI=1S/C17H15N3O5/c1-10-3-4-13(7-14(10)20(22)23)17(21)19-18-11(2)12-5-6-15-16(8-12)25-9-24-15/h3-8H,9H2,1-2H3,(H,19,21)/b18-11+. The monoisotopic (exact) mass is 341 g/mol. The molecule has 2 aromatic rings. The van der Waals surface area contributed by atoms with Crippen LogP contribution in [0.15, 0.2) is 41.5 Å². The van der Waals surface area contributed by atoms with Crippen LogP contribution in [0.4, 0.5) is 5.69 Å². The Morgan fingerprint density at radius 2 is 1.88 bits per heavy atom. The summed E-state index contributed by atoms with van der Waals surface area (Å²) in [5.74, 6) is 0.753. The molecule has 0 fully saturated rings. The van der Waals surface area contributed by atoms with Crippen LogP contribution in [0.2, 0.25) is 0 Å². The molecule has 0 aliphatic carbocycles. The van der Waals surface area contributed by atoms with Crippen molar-refractivity contribution in [2.24, 2.45) is 5.10 Å². The molecule has 8 nitrogen and oxygen atoms in total. The average molecular weight is 341 g/mol. The third-order valence-corrected chi connectivity index (χ3v) is 3.78. The lowest BCUT2D eigenvalue weighted by Gasteiger charge is -2.05. The van der Waals surface area contributed by atoms with Crippen molar-refractivity contribution >= 4 is 17.3 Å². The SMILES string of the molecule is C/C(=N\NC(=O)c1ccc(C)c([N+](=O)[O-])c1)c1ccc2c(c1)OCO2. The van der Waals surface area contributed by atoms with Gasteiger partial charge in [-0.05, 0) is 38.1 Å². The van der Waals surface area contributed by atoms with Crippen molar-refractivity contribution in [2.45, 2.75) is 13.8 Å². The topological polar surface area (TPSA) is 103 Å². The largest absolute Gasteiger partial charge is 0.454 e. The lowest BCUT2D eigenvalue weighted by molar-refractivity contribution is -0.385. The predicted molar refractivity (Wildman–Crippen MR) is 90.1 cm³/mol. The van der Waals surface area contributed by atoms with E-state index in [1.165, 1.54) is 18.2 Å². The summed E-state index contributed by atoms with van der Waals surface area (Å²) in [5.41, 5.74) is 4.28. The molecule has 128 valence electrons. The van der Waals surface area contributed by atoms with Gasteiger partial charge >= 0.3 is 0 Å². The number of ether oxygens (including phenoxy) is 2. The molecule has 0 radical (unpaired) electrons. The number of nitro groups is 1. The van der Waals surface area contributed by atoms with Gasteiger partial charge in [0.05, 0.1) is 10.6 Å². The number of hydrazone groups is 1. The number of fused-ring (bicyclic) bond motifs is 1. The average Bonchev–Trinajstić information content (AvgIpc) is 3.07. The van der Waals surface area contributed by atoms with Gasteiger partial charge in [-0.3, -0.25) is 14.9 Å². The number of benzene rings is 2. The number of aryl methyl sites for hydroxylation is 1. The molecule has 0 spiro atoms. The van der Waals surface area contributed by atoms with E-state index in [4.69, 9.17) is 9.47 Å².